The van der Waals surface area contributed by atoms with Gasteiger partial charge in [-0.15, -0.1) is 0 Å². The number of rotatable bonds is 2. The molecule has 2 heterocycles. The number of nitrogens with zero attached hydrogens (tertiary/aromatic N) is 2. The SMILES string of the molecule is O=C1CCCN2CN(CCO)NC12. The van der Waals surface area contributed by atoms with Crippen molar-refractivity contribution in [2.75, 3.05) is 26.4 Å². The van der Waals surface area contributed by atoms with Gasteiger partial charge in [0.2, 0.25) is 0 Å². The lowest BCUT2D eigenvalue weighted by atomic mass is 10.1. The lowest BCUT2D eigenvalue weighted by Gasteiger charge is -2.25. The highest BCUT2D eigenvalue weighted by molar-refractivity contribution is 5.84. The summed E-state index contributed by atoms with van der Waals surface area (Å²) in [5, 5.41) is 10.6. The first-order valence-electron chi connectivity index (χ1n) is 4.70. The summed E-state index contributed by atoms with van der Waals surface area (Å²) in [6, 6.07) is 0. The second-order valence-electron chi connectivity index (χ2n) is 3.54. The van der Waals surface area contributed by atoms with Gasteiger partial charge in [0.15, 0.2) is 5.78 Å². The number of piperidine rings is 1. The van der Waals surface area contributed by atoms with Gasteiger partial charge in [0, 0.05) is 19.5 Å². The zero-order chi connectivity index (χ0) is 9.26. The van der Waals surface area contributed by atoms with Gasteiger partial charge < -0.3 is 5.11 Å². The molecule has 2 aliphatic rings. The van der Waals surface area contributed by atoms with Crippen LogP contribution < -0.4 is 5.43 Å². The molecule has 1 atom stereocenters. The molecule has 0 aliphatic carbocycles. The Hall–Kier alpha value is -0.490. The quantitative estimate of drug-likeness (QED) is 0.563. The van der Waals surface area contributed by atoms with Crippen molar-refractivity contribution in [3.05, 3.63) is 0 Å². The number of β-amino-alcohol motifs (C(OH)–C–C–N with tert-alkyl or cyclic N) is 1. The van der Waals surface area contributed by atoms with Crippen LogP contribution in [-0.2, 0) is 4.79 Å². The molecular formula is C8H15N3O2. The lowest BCUT2D eigenvalue weighted by Crippen LogP contribution is -2.47. The Labute approximate surface area is 77.3 Å². The Bertz CT molecular complexity index is 210. The fourth-order valence-corrected chi connectivity index (χ4v) is 1.92. The molecule has 2 rings (SSSR count). The maximum Gasteiger partial charge on any atom is 0.165 e. The second-order valence-corrected chi connectivity index (χ2v) is 3.54. The van der Waals surface area contributed by atoms with Crippen LogP contribution in [0.3, 0.4) is 0 Å². The van der Waals surface area contributed by atoms with Crippen molar-refractivity contribution in [2.45, 2.75) is 19.0 Å². The zero-order valence-corrected chi connectivity index (χ0v) is 7.57. The number of ketones is 1. The van der Waals surface area contributed by atoms with Gasteiger partial charge in [-0.05, 0) is 6.42 Å². The van der Waals surface area contributed by atoms with E-state index in [4.69, 9.17) is 5.11 Å². The number of aliphatic hydroxyl groups excluding tert-OH is 1. The fourth-order valence-electron chi connectivity index (χ4n) is 1.92. The van der Waals surface area contributed by atoms with Crippen LogP contribution in [-0.4, -0.2) is 53.3 Å². The predicted molar refractivity (Wildman–Crippen MR) is 46.5 cm³/mol. The summed E-state index contributed by atoms with van der Waals surface area (Å²) >= 11 is 0. The van der Waals surface area contributed by atoms with Crippen molar-refractivity contribution >= 4 is 5.78 Å². The van der Waals surface area contributed by atoms with E-state index in [1.54, 1.807) is 0 Å². The molecule has 0 radical (unpaired) electrons. The standard InChI is InChI=1S/C8H15N3O2/c12-5-4-11-6-10-3-1-2-7(13)8(10)9-11/h8-9,12H,1-6H2. The Morgan fingerprint density at radius 3 is 3.15 bits per heavy atom. The van der Waals surface area contributed by atoms with Crippen molar-refractivity contribution in [1.82, 2.24) is 15.3 Å². The average Bonchev–Trinajstić information content (AvgIpc) is 2.49. The van der Waals surface area contributed by atoms with Gasteiger partial charge in [0.05, 0.1) is 13.3 Å². The maximum absolute atomic E-state index is 11.4. The van der Waals surface area contributed by atoms with Crippen LogP contribution in [0.15, 0.2) is 0 Å². The molecule has 0 aromatic heterocycles. The number of carbonyl (C=O) groups excluding carboxylic acids is 1. The Kier molecular flexibility index (Phi) is 2.59. The molecular weight excluding hydrogens is 170 g/mol. The van der Waals surface area contributed by atoms with E-state index in [1.165, 1.54) is 0 Å². The van der Waals surface area contributed by atoms with E-state index < -0.39 is 0 Å². The minimum absolute atomic E-state index is 0.125. The minimum atomic E-state index is -0.125. The monoisotopic (exact) mass is 185 g/mol. The molecule has 0 saturated carbocycles. The summed E-state index contributed by atoms with van der Waals surface area (Å²) in [7, 11) is 0. The fraction of sp³-hybridized carbons (Fsp3) is 0.875. The molecule has 13 heavy (non-hydrogen) atoms. The van der Waals surface area contributed by atoms with E-state index in [1.807, 2.05) is 5.01 Å². The summed E-state index contributed by atoms with van der Waals surface area (Å²) in [6.07, 6.45) is 1.52. The summed E-state index contributed by atoms with van der Waals surface area (Å²) < 4.78 is 0. The van der Waals surface area contributed by atoms with Gasteiger partial charge in [0.25, 0.3) is 0 Å². The minimum Gasteiger partial charge on any atom is -0.395 e. The molecule has 0 spiro atoms. The molecule has 2 saturated heterocycles. The lowest BCUT2D eigenvalue weighted by molar-refractivity contribution is -0.126. The van der Waals surface area contributed by atoms with Crippen molar-refractivity contribution in [1.29, 1.82) is 0 Å². The zero-order valence-electron chi connectivity index (χ0n) is 7.57. The summed E-state index contributed by atoms with van der Waals surface area (Å²) in [5.74, 6) is 0.270. The van der Waals surface area contributed by atoms with E-state index >= 15 is 0 Å². The number of Topliss-reactive ketones (excluding diaryl/α,β-unsaturated/α-hetero) is 1. The van der Waals surface area contributed by atoms with Crippen LogP contribution in [0.25, 0.3) is 0 Å². The summed E-state index contributed by atoms with van der Waals surface area (Å²) in [5.41, 5.74) is 3.09. The largest absolute Gasteiger partial charge is 0.395 e. The molecule has 74 valence electrons. The number of aliphatic hydroxyl groups is 1. The average molecular weight is 185 g/mol. The first-order chi connectivity index (χ1) is 6.31. The Morgan fingerprint density at radius 1 is 1.62 bits per heavy atom. The van der Waals surface area contributed by atoms with Crippen LogP contribution in [0, 0.1) is 0 Å². The van der Waals surface area contributed by atoms with Crippen molar-refractivity contribution in [3.63, 3.8) is 0 Å². The number of hydrogen-bond acceptors (Lipinski definition) is 5. The third-order valence-electron chi connectivity index (χ3n) is 2.57. The molecule has 2 fully saturated rings. The van der Waals surface area contributed by atoms with E-state index in [0.29, 0.717) is 13.0 Å². The molecule has 5 heteroatoms. The van der Waals surface area contributed by atoms with Crippen molar-refractivity contribution < 1.29 is 9.90 Å². The molecule has 5 nitrogen and oxygen atoms in total. The van der Waals surface area contributed by atoms with Gasteiger partial charge in [-0.25, -0.2) is 10.4 Å². The van der Waals surface area contributed by atoms with Gasteiger partial charge in [-0.1, -0.05) is 0 Å². The smallest absolute Gasteiger partial charge is 0.165 e. The maximum atomic E-state index is 11.4. The third kappa shape index (κ3) is 1.73. The summed E-state index contributed by atoms with van der Waals surface area (Å²) in [4.78, 5) is 13.5. The number of fused-ring (bicyclic) bond motifs is 1. The van der Waals surface area contributed by atoms with E-state index in [2.05, 4.69) is 10.3 Å². The topological polar surface area (TPSA) is 55.8 Å². The van der Waals surface area contributed by atoms with E-state index in [0.717, 1.165) is 19.6 Å². The molecule has 0 aromatic rings. The van der Waals surface area contributed by atoms with Crippen LogP contribution in [0.2, 0.25) is 0 Å². The predicted octanol–water partition coefficient (Wildman–Crippen LogP) is -1.25. The number of hydrogen-bond donors (Lipinski definition) is 2. The van der Waals surface area contributed by atoms with Crippen molar-refractivity contribution in [3.8, 4) is 0 Å². The molecule has 0 bridgehead atoms. The molecule has 0 aromatic carbocycles. The van der Waals surface area contributed by atoms with E-state index in [-0.39, 0.29) is 18.6 Å². The first-order valence-corrected chi connectivity index (χ1v) is 4.70. The van der Waals surface area contributed by atoms with E-state index in [9.17, 15) is 4.79 Å². The van der Waals surface area contributed by atoms with Crippen LogP contribution in [0.4, 0.5) is 0 Å². The van der Waals surface area contributed by atoms with Gasteiger partial charge in [0.1, 0.15) is 6.17 Å². The van der Waals surface area contributed by atoms with Gasteiger partial charge in [-0.2, -0.15) is 0 Å². The molecule has 2 aliphatic heterocycles. The van der Waals surface area contributed by atoms with Crippen molar-refractivity contribution in [2.24, 2.45) is 0 Å². The first kappa shape index (κ1) is 9.08. The highest BCUT2D eigenvalue weighted by atomic mass is 16.3. The Morgan fingerprint density at radius 2 is 2.46 bits per heavy atom. The Balaban J connectivity index is 1.96. The molecule has 1 unspecified atom stereocenters. The third-order valence-corrected chi connectivity index (χ3v) is 2.57. The van der Waals surface area contributed by atoms with Crippen LogP contribution >= 0.6 is 0 Å². The van der Waals surface area contributed by atoms with Crippen LogP contribution in [0.1, 0.15) is 12.8 Å². The van der Waals surface area contributed by atoms with Crippen LogP contribution in [0.5, 0.6) is 0 Å². The second kappa shape index (κ2) is 3.71. The van der Waals surface area contributed by atoms with Gasteiger partial charge in [-0.3, -0.25) is 9.69 Å². The normalized spacial score (nSPS) is 30.8. The summed E-state index contributed by atoms with van der Waals surface area (Å²) in [6.45, 7) is 2.43. The highest BCUT2D eigenvalue weighted by Gasteiger charge is 2.36. The molecule has 2 N–H and O–H groups in total. The number of hydrazine groups is 1. The number of carbonyl (C=O) groups is 1. The molecule has 0 amide bonds. The number of nitrogens with one attached hydrogen (secondary N) is 1. The van der Waals surface area contributed by atoms with Gasteiger partial charge >= 0.3 is 0 Å². The highest BCUT2D eigenvalue weighted by Crippen LogP contribution is 2.16.